The minimum Gasteiger partial charge on any atom is -0.340 e. The van der Waals surface area contributed by atoms with Crippen molar-refractivity contribution in [2.45, 2.75) is 38.1 Å². The first-order valence-electron chi connectivity index (χ1n) is 6.48. The molecular weight excluding hydrogens is 218 g/mol. The van der Waals surface area contributed by atoms with Crippen LogP contribution in [0.25, 0.3) is 0 Å². The Balaban J connectivity index is 1.86. The van der Waals surface area contributed by atoms with Crippen LogP contribution >= 0.6 is 0 Å². The molecule has 0 aromatic rings. The van der Waals surface area contributed by atoms with Gasteiger partial charge < -0.3 is 15.5 Å². The number of nitrogens with zero attached hydrogens (tertiary/aromatic N) is 2. The lowest BCUT2D eigenvalue weighted by Crippen LogP contribution is -2.42. The summed E-state index contributed by atoms with van der Waals surface area (Å²) in [6.45, 7) is 2.35. The van der Waals surface area contributed by atoms with Crippen LogP contribution < -0.4 is 5.73 Å². The monoisotopic (exact) mass is 239 g/mol. The van der Waals surface area contributed by atoms with E-state index in [1.54, 1.807) is 9.80 Å². The Kier molecular flexibility index (Phi) is 3.99. The van der Waals surface area contributed by atoms with Crippen molar-refractivity contribution in [1.82, 2.24) is 9.80 Å². The highest BCUT2D eigenvalue weighted by molar-refractivity contribution is 5.85. The lowest BCUT2D eigenvalue weighted by Gasteiger charge is -2.23. The van der Waals surface area contributed by atoms with E-state index in [-0.39, 0.29) is 24.4 Å². The molecule has 2 aliphatic heterocycles. The minimum atomic E-state index is 0.0493. The van der Waals surface area contributed by atoms with Gasteiger partial charge in [0, 0.05) is 32.1 Å². The molecule has 0 aromatic heterocycles. The maximum atomic E-state index is 12.0. The van der Waals surface area contributed by atoms with E-state index in [9.17, 15) is 9.59 Å². The summed E-state index contributed by atoms with van der Waals surface area (Å²) in [6, 6.07) is 0.110. The van der Waals surface area contributed by atoms with Crippen molar-refractivity contribution in [3.8, 4) is 0 Å². The molecule has 2 amide bonds. The Hall–Kier alpha value is -1.10. The first kappa shape index (κ1) is 12.4. The highest BCUT2D eigenvalue weighted by atomic mass is 16.2. The van der Waals surface area contributed by atoms with E-state index in [4.69, 9.17) is 5.73 Å². The van der Waals surface area contributed by atoms with Crippen molar-refractivity contribution in [3.63, 3.8) is 0 Å². The van der Waals surface area contributed by atoms with E-state index < -0.39 is 0 Å². The molecule has 2 heterocycles. The Labute approximate surface area is 102 Å². The zero-order valence-corrected chi connectivity index (χ0v) is 10.2. The molecule has 2 fully saturated rings. The SMILES string of the molecule is N[C@@H]1CCN(C(=O)CN2CCCCCC2=O)C1. The van der Waals surface area contributed by atoms with Crippen LogP contribution in [-0.4, -0.2) is 53.8 Å². The molecule has 0 saturated carbocycles. The topological polar surface area (TPSA) is 66.6 Å². The predicted octanol–water partition coefficient (Wildman–Crippen LogP) is -0.0514. The molecule has 96 valence electrons. The minimum absolute atomic E-state index is 0.0493. The fraction of sp³-hybridized carbons (Fsp3) is 0.833. The average Bonchev–Trinajstić information content (AvgIpc) is 2.63. The van der Waals surface area contributed by atoms with Crippen molar-refractivity contribution < 1.29 is 9.59 Å². The Bertz CT molecular complexity index is 306. The molecule has 2 aliphatic rings. The molecule has 0 bridgehead atoms. The van der Waals surface area contributed by atoms with Gasteiger partial charge in [-0.05, 0) is 19.3 Å². The van der Waals surface area contributed by atoms with E-state index in [1.165, 1.54) is 0 Å². The number of nitrogens with two attached hydrogens (primary N) is 1. The normalized spacial score (nSPS) is 26.2. The van der Waals surface area contributed by atoms with Crippen LogP contribution in [0.15, 0.2) is 0 Å². The van der Waals surface area contributed by atoms with Gasteiger partial charge in [-0.2, -0.15) is 0 Å². The number of amides is 2. The van der Waals surface area contributed by atoms with Crippen LogP contribution in [0.1, 0.15) is 32.1 Å². The molecule has 5 heteroatoms. The Morgan fingerprint density at radius 2 is 2.12 bits per heavy atom. The van der Waals surface area contributed by atoms with Gasteiger partial charge >= 0.3 is 0 Å². The van der Waals surface area contributed by atoms with Crippen molar-refractivity contribution >= 4 is 11.8 Å². The van der Waals surface area contributed by atoms with E-state index in [0.717, 1.165) is 38.8 Å². The van der Waals surface area contributed by atoms with E-state index in [0.29, 0.717) is 13.0 Å². The van der Waals surface area contributed by atoms with Crippen LogP contribution in [-0.2, 0) is 9.59 Å². The third-order valence-corrected chi connectivity index (χ3v) is 3.57. The smallest absolute Gasteiger partial charge is 0.242 e. The van der Waals surface area contributed by atoms with E-state index in [1.807, 2.05) is 0 Å². The maximum Gasteiger partial charge on any atom is 0.242 e. The second kappa shape index (κ2) is 5.49. The molecular formula is C12H21N3O2. The fourth-order valence-corrected chi connectivity index (χ4v) is 2.48. The first-order valence-corrected chi connectivity index (χ1v) is 6.48. The van der Waals surface area contributed by atoms with Gasteiger partial charge in [-0.15, -0.1) is 0 Å². The summed E-state index contributed by atoms with van der Waals surface area (Å²) in [4.78, 5) is 27.2. The van der Waals surface area contributed by atoms with Crippen molar-refractivity contribution in [3.05, 3.63) is 0 Å². The van der Waals surface area contributed by atoms with E-state index >= 15 is 0 Å². The van der Waals surface area contributed by atoms with Gasteiger partial charge in [0.1, 0.15) is 0 Å². The third-order valence-electron chi connectivity index (χ3n) is 3.57. The Morgan fingerprint density at radius 3 is 2.82 bits per heavy atom. The molecule has 0 aromatic carbocycles. The number of carbonyl (C=O) groups is 2. The summed E-state index contributed by atoms with van der Waals surface area (Å²) in [5.41, 5.74) is 5.77. The second-order valence-electron chi connectivity index (χ2n) is 5.01. The quantitative estimate of drug-likeness (QED) is 0.734. The van der Waals surface area contributed by atoms with Crippen molar-refractivity contribution in [1.29, 1.82) is 0 Å². The predicted molar refractivity (Wildman–Crippen MR) is 64.2 cm³/mol. The molecule has 17 heavy (non-hydrogen) atoms. The molecule has 2 saturated heterocycles. The maximum absolute atomic E-state index is 12.0. The number of carbonyl (C=O) groups excluding carboxylic acids is 2. The molecule has 5 nitrogen and oxygen atoms in total. The van der Waals surface area contributed by atoms with Crippen molar-refractivity contribution in [2.75, 3.05) is 26.2 Å². The molecule has 0 aliphatic carbocycles. The molecule has 1 atom stereocenters. The Morgan fingerprint density at radius 1 is 1.29 bits per heavy atom. The van der Waals surface area contributed by atoms with Gasteiger partial charge in [-0.1, -0.05) is 6.42 Å². The van der Waals surface area contributed by atoms with Gasteiger partial charge in [-0.3, -0.25) is 9.59 Å². The fourth-order valence-electron chi connectivity index (χ4n) is 2.48. The first-order chi connectivity index (χ1) is 8.16. The summed E-state index contributed by atoms with van der Waals surface area (Å²) in [7, 11) is 0. The number of hydrogen-bond acceptors (Lipinski definition) is 3. The molecule has 0 spiro atoms. The third kappa shape index (κ3) is 3.19. The molecule has 0 radical (unpaired) electrons. The van der Waals surface area contributed by atoms with Gasteiger partial charge in [0.15, 0.2) is 0 Å². The van der Waals surface area contributed by atoms with Crippen LogP contribution in [0.5, 0.6) is 0 Å². The zero-order chi connectivity index (χ0) is 12.3. The van der Waals surface area contributed by atoms with Crippen LogP contribution in [0.2, 0.25) is 0 Å². The summed E-state index contributed by atoms with van der Waals surface area (Å²) in [6.07, 6.45) is 4.52. The van der Waals surface area contributed by atoms with Gasteiger partial charge in [-0.25, -0.2) is 0 Å². The molecule has 2 N–H and O–H groups in total. The zero-order valence-electron chi connectivity index (χ0n) is 10.2. The lowest BCUT2D eigenvalue weighted by molar-refractivity contribution is -0.139. The molecule has 2 rings (SSSR count). The van der Waals surface area contributed by atoms with Crippen molar-refractivity contribution in [2.24, 2.45) is 5.73 Å². The summed E-state index contributed by atoms with van der Waals surface area (Å²) in [5.74, 6) is 0.174. The van der Waals surface area contributed by atoms with Gasteiger partial charge in [0.25, 0.3) is 0 Å². The highest BCUT2D eigenvalue weighted by Gasteiger charge is 2.26. The van der Waals surface area contributed by atoms with Crippen LogP contribution in [0.4, 0.5) is 0 Å². The number of hydrogen-bond donors (Lipinski definition) is 1. The number of likely N-dealkylation sites (tertiary alicyclic amines) is 2. The summed E-state index contributed by atoms with van der Waals surface area (Å²) < 4.78 is 0. The highest BCUT2D eigenvalue weighted by Crippen LogP contribution is 2.13. The largest absolute Gasteiger partial charge is 0.340 e. The number of rotatable bonds is 2. The molecule has 0 unspecified atom stereocenters. The second-order valence-corrected chi connectivity index (χ2v) is 5.01. The van der Waals surface area contributed by atoms with Gasteiger partial charge in [0.05, 0.1) is 6.54 Å². The van der Waals surface area contributed by atoms with E-state index in [2.05, 4.69) is 0 Å². The lowest BCUT2D eigenvalue weighted by atomic mass is 10.2. The van der Waals surface area contributed by atoms with Crippen LogP contribution in [0.3, 0.4) is 0 Å². The van der Waals surface area contributed by atoms with Crippen LogP contribution in [0, 0.1) is 0 Å². The average molecular weight is 239 g/mol. The summed E-state index contributed by atoms with van der Waals surface area (Å²) >= 11 is 0. The standard InChI is InChI=1S/C12H21N3O2/c13-10-5-7-15(8-10)12(17)9-14-6-3-1-2-4-11(14)16/h10H,1-9,13H2/t10-/m1/s1. The van der Waals surface area contributed by atoms with Gasteiger partial charge in [0.2, 0.25) is 11.8 Å². The summed E-state index contributed by atoms with van der Waals surface area (Å²) in [5, 5.41) is 0.